The Bertz CT molecular complexity index is 452. The molecule has 0 saturated heterocycles. The first-order chi connectivity index (χ1) is 9.69. The molecule has 0 amide bonds. The Hall–Kier alpha value is -0.960. The zero-order chi connectivity index (χ0) is 13.7. The molecule has 3 nitrogen and oxygen atoms in total. The molecule has 4 fully saturated rings. The molecule has 4 saturated carbocycles. The summed E-state index contributed by atoms with van der Waals surface area (Å²) in [5.74, 6) is 5.53. The summed E-state index contributed by atoms with van der Waals surface area (Å²) < 4.78 is 0. The number of nitrogens with two attached hydrogens (primary N) is 1. The zero-order valence-electron chi connectivity index (χ0n) is 12.3. The highest BCUT2D eigenvalue weighted by Crippen LogP contribution is 2.59. The van der Waals surface area contributed by atoms with Crippen LogP contribution < -0.4 is 5.73 Å². The Labute approximate surface area is 121 Å². The maximum atomic E-state index is 5.82. The smallest absolute Gasteiger partial charge is 0.129 e. The molecule has 1 aromatic heterocycles. The van der Waals surface area contributed by atoms with Gasteiger partial charge in [0, 0.05) is 24.9 Å². The Morgan fingerprint density at radius 3 is 2.10 bits per heavy atom. The van der Waals surface area contributed by atoms with Crippen molar-refractivity contribution in [3.63, 3.8) is 0 Å². The van der Waals surface area contributed by atoms with E-state index in [1.165, 1.54) is 37.7 Å². The minimum atomic E-state index is 0.141. The van der Waals surface area contributed by atoms with Crippen LogP contribution in [0, 0.1) is 23.7 Å². The van der Waals surface area contributed by atoms with E-state index in [0.29, 0.717) is 0 Å². The second kappa shape index (κ2) is 4.80. The van der Waals surface area contributed by atoms with Crippen LogP contribution in [-0.2, 0) is 6.42 Å². The fourth-order valence-corrected chi connectivity index (χ4v) is 5.40. The fraction of sp³-hybridized carbons (Fsp3) is 0.765. The van der Waals surface area contributed by atoms with Crippen molar-refractivity contribution in [1.29, 1.82) is 0 Å². The number of rotatable bonds is 3. The van der Waals surface area contributed by atoms with Gasteiger partial charge in [0.2, 0.25) is 0 Å². The lowest BCUT2D eigenvalue weighted by Gasteiger charge is -2.54. The molecule has 4 aliphatic carbocycles. The lowest BCUT2D eigenvalue weighted by atomic mass is 9.51. The lowest BCUT2D eigenvalue weighted by molar-refractivity contribution is -0.00301. The standard InChI is InChI=1S/C17H25N3/c1-10(18)2-16-19-8-15(9-20-16)17-13-4-11-3-12(6-13)7-14(17)5-11/h8-14,17H,2-7,18H2,1H3. The predicted octanol–water partition coefficient (Wildman–Crippen LogP) is 2.91. The van der Waals surface area contributed by atoms with Crippen LogP contribution in [0.15, 0.2) is 12.4 Å². The molecular weight excluding hydrogens is 246 g/mol. The van der Waals surface area contributed by atoms with E-state index < -0.39 is 0 Å². The van der Waals surface area contributed by atoms with E-state index in [9.17, 15) is 0 Å². The first kappa shape index (κ1) is 12.8. The predicted molar refractivity (Wildman–Crippen MR) is 79.2 cm³/mol. The maximum Gasteiger partial charge on any atom is 0.129 e. The second-order valence-corrected chi connectivity index (χ2v) is 7.57. The number of nitrogens with zero attached hydrogens (tertiary/aromatic N) is 2. The first-order valence-corrected chi connectivity index (χ1v) is 8.25. The van der Waals surface area contributed by atoms with Gasteiger partial charge in [0.05, 0.1) is 0 Å². The molecule has 1 aromatic rings. The maximum absolute atomic E-state index is 5.82. The average Bonchev–Trinajstić information content (AvgIpc) is 2.38. The van der Waals surface area contributed by atoms with Crippen LogP contribution in [0.3, 0.4) is 0 Å². The first-order valence-electron chi connectivity index (χ1n) is 8.25. The van der Waals surface area contributed by atoms with E-state index in [4.69, 9.17) is 5.73 Å². The van der Waals surface area contributed by atoms with Crippen molar-refractivity contribution < 1.29 is 0 Å². The van der Waals surface area contributed by atoms with Gasteiger partial charge in [0.15, 0.2) is 0 Å². The van der Waals surface area contributed by atoms with Crippen LogP contribution in [0.2, 0.25) is 0 Å². The summed E-state index contributed by atoms with van der Waals surface area (Å²) in [7, 11) is 0. The zero-order valence-corrected chi connectivity index (χ0v) is 12.3. The molecule has 4 aliphatic rings. The molecule has 1 heterocycles. The number of aromatic nitrogens is 2. The Morgan fingerprint density at radius 2 is 1.60 bits per heavy atom. The Morgan fingerprint density at radius 1 is 1.05 bits per heavy atom. The van der Waals surface area contributed by atoms with Crippen LogP contribution in [-0.4, -0.2) is 16.0 Å². The van der Waals surface area contributed by atoms with Gasteiger partial charge in [-0.1, -0.05) is 0 Å². The molecule has 0 spiro atoms. The molecule has 0 radical (unpaired) electrons. The van der Waals surface area contributed by atoms with Gasteiger partial charge in [-0.15, -0.1) is 0 Å². The van der Waals surface area contributed by atoms with Gasteiger partial charge >= 0.3 is 0 Å². The van der Waals surface area contributed by atoms with Crippen molar-refractivity contribution in [2.75, 3.05) is 0 Å². The van der Waals surface area contributed by atoms with Crippen LogP contribution in [0.25, 0.3) is 0 Å². The summed E-state index contributed by atoms with van der Waals surface area (Å²) in [6.07, 6.45) is 12.3. The quantitative estimate of drug-likeness (QED) is 0.919. The number of hydrogen-bond donors (Lipinski definition) is 1. The van der Waals surface area contributed by atoms with Gasteiger partial charge in [0.1, 0.15) is 5.82 Å². The third-order valence-corrected chi connectivity index (χ3v) is 5.84. The normalized spacial score (nSPS) is 40.0. The van der Waals surface area contributed by atoms with Crippen molar-refractivity contribution in [3.8, 4) is 0 Å². The van der Waals surface area contributed by atoms with Crippen molar-refractivity contribution in [3.05, 3.63) is 23.8 Å². The molecule has 1 unspecified atom stereocenters. The summed E-state index contributed by atoms with van der Waals surface area (Å²) in [4.78, 5) is 9.12. The highest BCUT2D eigenvalue weighted by Gasteiger charge is 2.48. The number of hydrogen-bond acceptors (Lipinski definition) is 3. The summed E-state index contributed by atoms with van der Waals surface area (Å²) in [6.45, 7) is 2.01. The summed E-state index contributed by atoms with van der Waals surface area (Å²) in [6, 6.07) is 0.141. The average molecular weight is 271 g/mol. The molecule has 2 N–H and O–H groups in total. The monoisotopic (exact) mass is 271 g/mol. The van der Waals surface area contributed by atoms with E-state index in [0.717, 1.165) is 41.8 Å². The van der Waals surface area contributed by atoms with Crippen molar-refractivity contribution >= 4 is 0 Å². The minimum absolute atomic E-state index is 0.141. The van der Waals surface area contributed by atoms with Gasteiger partial charge in [0.25, 0.3) is 0 Å². The van der Waals surface area contributed by atoms with E-state index in [2.05, 4.69) is 22.4 Å². The van der Waals surface area contributed by atoms with Crippen LogP contribution >= 0.6 is 0 Å². The highest BCUT2D eigenvalue weighted by molar-refractivity contribution is 5.19. The highest BCUT2D eigenvalue weighted by atomic mass is 14.9. The third kappa shape index (κ3) is 2.16. The summed E-state index contributed by atoms with van der Waals surface area (Å²) in [5.41, 5.74) is 7.22. The molecular formula is C17H25N3. The largest absolute Gasteiger partial charge is 0.328 e. The molecule has 0 aromatic carbocycles. The third-order valence-electron chi connectivity index (χ3n) is 5.84. The summed E-state index contributed by atoms with van der Waals surface area (Å²) in [5, 5.41) is 0. The van der Waals surface area contributed by atoms with Crippen LogP contribution in [0.1, 0.15) is 56.3 Å². The van der Waals surface area contributed by atoms with Crippen molar-refractivity contribution in [2.24, 2.45) is 29.4 Å². The van der Waals surface area contributed by atoms with Gasteiger partial charge in [-0.25, -0.2) is 9.97 Å². The van der Waals surface area contributed by atoms with Gasteiger partial charge in [-0.2, -0.15) is 0 Å². The van der Waals surface area contributed by atoms with Crippen molar-refractivity contribution in [2.45, 2.75) is 57.4 Å². The molecule has 0 aliphatic heterocycles. The molecule has 4 bridgehead atoms. The van der Waals surface area contributed by atoms with Crippen molar-refractivity contribution in [1.82, 2.24) is 9.97 Å². The van der Waals surface area contributed by atoms with E-state index in [-0.39, 0.29) is 6.04 Å². The molecule has 1 atom stereocenters. The Balaban J connectivity index is 1.55. The van der Waals surface area contributed by atoms with Crippen LogP contribution in [0.4, 0.5) is 0 Å². The SMILES string of the molecule is CC(N)Cc1ncc(C2C3CC4CC(C3)CC2C4)cn1. The van der Waals surface area contributed by atoms with Crippen LogP contribution in [0.5, 0.6) is 0 Å². The van der Waals surface area contributed by atoms with Gasteiger partial charge < -0.3 is 5.73 Å². The molecule has 20 heavy (non-hydrogen) atoms. The van der Waals surface area contributed by atoms with E-state index in [1.54, 1.807) is 0 Å². The van der Waals surface area contributed by atoms with E-state index >= 15 is 0 Å². The molecule has 3 heteroatoms. The lowest BCUT2D eigenvalue weighted by Crippen LogP contribution is -2.43. The topological polar surface area (TPSA) is 51.8 Å². The van der Waals surface area contributed by atoms with Gasteiger partial charge in [-0.05, 0) is 74.2 Å². The Kier molecular flexibility index (Phi) is 3.06. The minimum Gasteiger partial charge on any atom is -0.328 e. The summed E-state index contributed by atoms with van der Waals surface area (Å²) >= 11 is 0. The molecule has 5 rings (SSSR count). The second-order valence-electron chi connectivity index (χ2n) is 7.57. The van der Waals surface area contributed by atoms with E-state index in [1.807, 2.05) is 6.92 Å². The fourth-order valence-electron chi connectivity index (χ4n) is 5.40. The molecule has 108 valence electrons. The van der Waals surface area contributed by atoms with Gasteiger partial charge in [-0.3, -0.25) is 0 Å².